The van der Waals surface area contributed by atoms with Gasteiger partial charge in [-0.15, -0.1) is 0 Å². The van der Waals surface area contributed by atoms with Gasteiger partial charge in [0.1, 0.15) is 5.75 Å². The first-order valence-electron chi connectivity index (χ1n) is 8.02. The fourth-order valence-electron chi connectivity index (χ4n) is 2.12. The number of carbonyl (C=O) groups excluding carboxylic acids is 2. The third-order valence-electron chi connectivity index (χ3n) is 3.43. The zero-order chi connectivity index (χ0) is 19.8. The van der Waals surface area contributed by atoms with Crippen LogP contribution in [-0.4, -0.2) is 29.5 Å². The van der Waals surface area contributed by atoms with Crippen LogP contribution in [0.3, 0.4) is 0 Å². The molecule has 2 rings (SSSR count). The summed E-state index contributed by atoms with van der Waals surface area (Å²) in [5.74, 6) is -1.97. The van der Waals surface area contributed by atoms with E-state index in [-0.39, 0.29) is 5.69 Å². The molecule has 2 aromatic carbocycles. The number of carbonyl (C=O) groups is 2. The number of esters is 1. The molecule has 0 aliphatic heterocycles. The monoisotopic (exact) mass is 376 g/mol. The van der Waals surface area contributed by atoms with Crippen LogP contribution >= 0.6 is 0 Å². The van der Waals surface area contributed by atoms with E-state index in [9.17, 15) is 24.1 Å². The van der Waals surface area contributed by atoms with Crippen molar-refractivity contribution >= 4 is 23.3 Å². The summed E-state index contributed by atoms with van der Waals surface area (Å²) in [4.78, 5) is 33.7. The summed E-state index contributed by atoms with van der Waals surface area (Å²) < 4.78 is 23.7. The number of hydrogen-bond acceptors (Lipinski definition) is 6. The molecular formula is C18H17FN2O6. The molecule has 0 spiro atoms. The summed E-state index contributed by atoms with van der Waals surface area (Å²) >= 11 is 0. The van der Waals surface area contributed by atoms with Gasteiger partial charge in [-0.1, -0.05) is 25.1 Å². The Morgan fingerprint density at radius 3 is 2.56 bits per heavy atom. The molecule has 0 radical (unpaired) electrons. The first-order valence-corrected chi connectivity index (χ1v) is 8.02. The zero-order valence-corrected chi connectivity index (χ0v) is 14.4. The van der Waals surface area contributed by atoms with Gasteiger partial charge >= 0.3 is 11.7 Å². The predicted octanol–water partition coefficient (Wildman–Crippen LogP) is 3.07. The van der Waals surface area contributed by atoms with E-state index in [1.165, 1.54) is 0 Å². The van der Waals surface area contributed by atoms with E-state index >= 15 is 0 Å². The van der Waals surface area contributed by atoms with Gasteiger partial charge in [0.2, 0.25) is 5.82 Å². The molecule has 1 atom stereocenters. The lowest BCUT2D eigenvalue weighted by Gasteiger charge is -2.16. The van der Waals surface area contributed by atoms with E-state index in [0.717, 1.165) is 18.2 Å². The van der Waals surface area contributed by atoms with Crippen LogP contribution in [0.2, 0.25) is 0 Å². The van der Waals surface area contributed by atoms with Crippen molar-refractivity contribution in [3.63, 3.8) is 0 Å². The number of hydrogen-bond donors (Lipinski definition) is 1. The van der Waals surface area contributed by atoms with Crippen LogP contribution in [0.1, 0.15) is 13.3 Å². The van der Waals surface area contributed by atoms with E-state index in [2.05, 4.69) is 5.32 Å². The third-order valence-corrected chi connectivity index (χ3v) is 3.43. The maximum absolute atomic E-state index is 13.3. The SMILES string of the molecule is CC[C@H](Oc1ccccc1)C(=O)OCC(=O)Nc1ccc(F)c([N+](=O)[O-])c1. The van der Waals surface area contributed by atoms with Crippen molar-refractivity contribution in [2.75, 3.05) is 11.9 Å². The van der Waals surface area contributed by atoms with Crippen molar-refractivity contribution in [2.45, 2.75) is 19.4 Å². The fraction of sp³-hybridized carbons (Fsp3) is 0.222. The molecule has 0 heterocycles. The van der Waals surface area contributed by atoms with Crippen molar-refractivity contribution in [1.82, 2.24) is 0 Å². The minimum atomic E-state index is -1.02. The van der Waals surface area contributed by atoms with Crippen molar-refractivity contribution in [3.05, 3.63) is 64.5 Å². The topological polar surface area (TPSA) is 108 Å². The Morgan fingerprint density at radius 1 is 1.22 bits per heavy atom. The number of halogens is 1. The van der Waals surface area contributed by atoms with Gasteiger partial charge in [0.15, 0.2) is 12.7 Å². The maximum Gasteiger partial charge on any atom is 0.347 e. The number of amides is 1. The van der Waals surface area contributed by atoms with Gasteiger partial charge in [-0.3, -0.25) is 14.9 Å². The molecule has 0 fully saturated rings. The first-order chi connectivity index (χ1) is 12.9. The lowest BCUT2D eigenvalue weighted by molar-refractivity contribution is -0.387. The molecule has 0 aliphatic rings. The molecule has 9 heteroatoms. The van der Waals surface area contributed by atoms with Crippen LogP contribution in [0, 0.1) is 15.9 Å². The second-order valence-corrected chi connectivity index (χ2v) is 5.41. The van der Waals surface area contributed by atoms with Crippen LogP contribution in [-0.2, 0) is 14.3 Å². The highest BCUT2D eigenvalue weighted by Gasteiger charge is 2.21. The molecule has 0 saturated heterocycles. The molecule has 0 aliphatic carbocycles. The van der Waals surface area contributed by atoms with Gasteiger partial charge in [-0.05, 0) is 30.7 Å². The van der Waals surface area contributed by atoms with E-state index in [1.54, 1.807) is 37.3 Å². The highest BCUT2D eigenvalue weighted by molar-refractivity contribution is 5.93. The Kier molecular flexibility index (Phi) is 6.81. The largest absolute Gasteiger partial charge is 0.479 e. The lowest BCUT2D eigenvalue weighted by atomic mass is 10.2. The summed E-state index contributed by atoms with van der Waals surface area (Å²) in [6.45, 7) is 1.12. The quantitative estimate of drug-likeness (QED) is 0.431. The van der Waals surface area contributed by atoms with E-state index in [4.69, 9.17) is 9.47 Å². The number of nitrogens with zero attached hydrogens (tertiary/aromatic N) is 1. The summed E-state index contributed by atoms with van der Waals surface area (Å²) in [6.07, 6.45) is -0.549. The van der Waals surface area contributed by atoms with Crippen LogP contribution in [0.4, 0.5) is 15.8 Å². The van der Waals surface area contributed by atoms with Crippen LogP contribution in [0.15, 0.2) is 48.5 Å². The number of nitro benzene ring substituents is 1. The lowest BCUT2D eigenvalue weighted by Crippen LogP contribution is -2.31. The molecule has 27 heavy (non-hydrogen) atoms. The molecule has 142 valence electrons. The van der Waals surface area contributed by atoms with Gasteiger partial charge in [-0.25, -0.2) is 4.79 Å². The Bertz CT molecular complexity index is 828. The number of rotatable bonds is 8. The maximum atomic E-state index is 13.3. The summed E-state index contributed by atoms with van der Waals surface area (Å²) in [5.41, 5.74) is -0.760. The number of anilines is 1. The normalized spacial score (nSPS) is 11.3. The first kappa shape index (κ1) is 19.8. The predicted molar refractivity (Wildman–Crippen MR) is 93.8 cm³/mol. The average Bonchev–Trinajstić information content (AvgIpc) is 2.66. The summed E-state index contributed by atoms with van der Waals surface area (Å²) in [6, 6.07) is 11.6. The van der Waals surface area contributed by atoms with Gasteiger partial charge in [0.25, 0.3) is 5.91 Å². The minimum Gasteiger partial charge on any atom is -0.479 e. The van der Waals surface area contributed by atoms with E-state index in [0.29, 0.717) is 12.2 Å². The Morgan fingerprint density at radius 2 is 1.93 bits per heavy atom. The zero-order valence-electron chi connectivity index (χ0n) is 14.4. The minimum absolute atomic E-state index is 0.0109. The fourth-order valence-corrected chi connectivity index (χ4v) is 2.12. The number of ether oxygens (including phenoxy) is 2. The number of para-hydroxylation sites is 1. The van der Waals surface area contributed by atoms with Crippen molar-refractivity contribution in [3.8, 4) is 5.75 Å². The average molecular weight is 376 g/mol. The second kappa shape index (κ2) is 9.27. The van der Waals surface area contributed by atoms with Crippen LogP contribution in [0.5, 0.6) is 5.75 Å². The van der Waals surface area contributed by atoms with Crippen LogP contribution < -0.4 is 10.1 Å². The molecule has 1 N–H and O–H groups in total. The van der Waals surface area contributed by atoms with Crippen molar-refractivity contribution in [2.24, 2.45) is 0 Å². The molecule has 1 amide bonds. The number of benzene rings is 2. The molecule has 0 bridgehead atoms. The molecule has 8 nitrogen and oxygen atoms in total. The molecular weight excluding hydrogens is 359 g/mol. The van der Waals surface area contributed by atoms with Crippen LogP contribution in [0.25, 0.3) is 0 Å². The Labute approximate surface area is 154 Å². The van der Waals surface area contributed by atoms with Crippen molar-refractivity contribution in [1.29, 1.82) is 0 Å². The smallest absolute Gasteiger partial charge is 0.347 e. The number of nitro groups is 1. The third kappa shape index (κ3) is 5.77. The van der Waals surface area contributed by atoms with Gasteiger partial charge < -0.3 is 14.8 Å². The summed E-state index contributed by atoms with van der Waals surface area (Å²) in [5, 5.41) is 13.0. The Balaban J connectivity index is 1.89. The van der Waals surface area contributed by atoms with Gasteiger partial charge in [0, 0.05) is 11.8 Å². The van der Waals surface area contributed by atoms with Gasteiger partial charge in [0.05, 0.1) is 4.92 Å². The molecule has 0 unspecified atom stereocenters. The van der Waals surface area contributed by atoms with Gasteiger partial charge in [-0.2, -0.15) is 4.39 Å². The molecule has 0 saturated carbocycles. The van der Waals surface area contributed by atoms with E-state index in [1.807, 2.05) is 0 Å². The highest BCUT2D eigenvalue weighted by Crippen LogP contribution is 2.21. The van der Waals surface area contributed by atoms with Crippen molar-refractivity contribution < 1.29 is 28.4 Å². The highest BCUT2D eigenvalue weighted by atomic mass is 19.1. The number of nitrogens with one attached hydrogen (secondary N) is 1. The standard InChI is InChI=1S/C18H17FN2O6/c1-2-16(27-13-6-4-3-5-7-13)18(23)26-11-17(22)20-12-8-9-14(19)15(10-12)21(24)25/h3-10,16H,2,11H2,1H3,(H,20,22)/t16-/m0/s1. The molecule has 0 aromatic heterocycles. The molecule has 2 aromatic rings. The second-order valence-electron chi connectivity index (χ2n) is 5.41. The summed E-state index contributed by atoms with van der Waals surface area (Å²) in [7, 11) is 0. The van der Waals surface area contributed by atoms with E-state index < -0.39 is 41.0 Å². The Hall–Kier alpha value is -3.49.